The highest BCUT2D eigenvalue weighted by atomic mass is 32.2. The summed E-state index contributed by atoms with van der Waals surface area (Å²) in [6, 6.07) is 0. The number of aromatic nitrogens is 2. The molecule has 0 amide bonds. The number of hydrogen-bond acceptors (Lipinski definition) is 4. The van der Waals surface area contributed by atoms with E-state index in [0.29, 0.717) is 18.2 Å². The predicted molar refractivity (Wildman–Crippen MR) is 74.1 cm³/mol. The molecule has 0 spiro atoms. The third-order valence-electron chi connectivity index (χ3n) is 3.86. The molecule has 0 bridgehead atoms. The fourth-order valence-electron chi connectivity index (χ4n) is 2.64. The molecular weight excluding hydrogens is 264 g/mol. The first-order valence-corrected chi connectivity index (χ1v) is 8.19. The molecule has 6 nitrogen and oxygen atoms in total. The Balaban J connectivity index is 2.09. The van der Waals surface area contributed by atoms with E-state index in [4.69, 9.17) is 5.73 Å². The van der Waals surface area contributed by atoms with Crippen LogP contribution in [0.4, 0.5) is 5.82 Å². The first-order valence-electron chi connectivity index (χ1n) is 6.70. The van der Waals surface area contributed by atoms with Crippen LogP contribution in [0.25, 0.3) is 0 Å². The highest BCUT2D eigenvalue weighted by molar-refractivity contribution is 7.89. The molecular formula is C12H22N4O2S. The van der Waals surface area contributed by atoms with E-state index >= 15 is 0 Å². The van der Waals surface area contributed by atoms with Crippen molar-refractivity contribution >= 4 is 15.8 Å². The molecule has 0 aliphatic heterocycles. The number of sulfonamides is 1. The van der Waals surface area contributed by atoms with Crippen LogP contribution >= 0.6 is 0 Å². The Morgan fingerprint density at radius 1 is 1.37 bits per heavy atom. The molecule has 19 heavy (non-hydrogen) atoms. The summed E-state index contributed by atoms with van der Waals surface area (Å²) in [5, 5.41) is 3.95. The molecule has 0 aromatic carbocycles. The fraction of sp³-hybridized carbons (Fsp3) is 0.750. The van der Waals surface area contributed by atoms with Gasteiger partial charge >= 0.3 is 0 Å². The zero-order valence-corrected chi connectivity index (χ0v) is 12.3. The molecule has 2 rings (SSSR count). The average Bonchev–Trinajstić information content (AvgIpc) is 2.63. The van der Waals surface area contributed by atoms with Crippen LogP contribution in [0.3, 0.4) is 0 Å². The molecule has 1 aromatic rings. The van der Waals surface area contributed by atoms with Gasteiger partial charge in [0, 0.05) is 13.6 Å². The van der Waals surface area contributed by atoms with Crippen LogP contribution in [0.15, 0.2) is 4.90 Å². The second kappa shape index (κ2) is 5.50. The minimum Gasteiger partial charge on any atom is -0.381 e. The van der Waals surface area contributed by atoms with E-state index in [1.54, 1.807) is 14.0 Å². The summed E-state index contributed by atoms with van der Waals surface area (Å²) in [4.78, 5) is 0.116. The molecule has 0 radical (unpaired) electrons. The molecule has 0 saturated heterocycles. The standard InChI is InChI=1S/C12H22N4O2S/c1-9-11(12(13)15-16(9)2)19(17,18)14-8-10-6-4-3-5-7-10/h10,14H,3-8H2,1-2H3,(H2,13,15). The number of rotatable bonds is 4. The Hall–Kier alpha value is -1.08. The molecule has 1 aromatic heterocycles. The molecule has 1 heterocycles. The Kier molecular flexibility index (Phi) is 4.15. The molecule has 0 atom stereocenters. The van der Waals surface area contributed by atoms with Crippen molar-refractivity contribution in [3.8, 4) is 0 Å². The van der Waals surface area contributed by atoms with Crippen LogP contribution in [0, 0.1) is 12.8 Å². The Labute approximate surface area is 114 Å². The van der Waals surface area contributed by atoms with Crippen molar-refractivity contribution < 1.29 is 8.42 Å². The van der Waals surface area contributed by atoms with Crippen molar-refractivity contribution in [2.45, 2.75) is 43.9 Å². The normalized spacial score (nSPS) is 17.8. The van der Waals surface area contributed by atoms with Gasteiger partial charge in [-0.15, -0.1) is 0 Å². The highest BCUT2D eigenvalue weighted by Gasteiger charge is 2.25. The number of nitrogens with zero attached hydrogens (tertiary/aromatic N) is 2. The predicted octanol–water partition coefficient (Wildman–Crippen LogP) is 1.17. The lowest BCUT2D eigenvalue weighted by Gasteiger charge is -2.21. The highest BCUT2D eigenvalue weighted by Crippen LogP contribution is 2.25. The molecule has 1 saturated carbocycles. The number of nitrogen functional groups attached to an aromatic ring is 1. The van der Waals surface area contributed by atoms with Crippen molar-refractivity contribution in [3.63, 3.8) is 0 Å². The molecule has 3 N–H and O–H groups in total. The van der Waals surface area contributed by atoms with Crippen molar-refractivity contribution in [1.82, 2.24) is 14.5 Å². The number of anilines is 1. The molecule has 7 heteroatoms. The zero-order chi connectivity index (χ0) is 14.0. The van der Waals surface area contributed by atoms with Gasteiger partial charge in [0.1, 0.15) is 4.90 Å². The van der Waals surface area contributed by atoms with Crippen molar-refractivity contribution in [1.29, 1.82) is 0 Å². The minimum atomic E-state index is -3.56. The number of nitrogens with one attached hydrogen (secondary N) is 1. The van der Waals surface area contributed by atoms with E-state index in [9.17, 15) is 8.42 Å². The van der Waals surface area contributed by atoms with Crippen molar-refractivity contribution in [2.24, 2.45) is 13.0 Å². The Morgan fingerprint density at radius 2 is 2.00 bits per heavy atom. The molecule has 0 unspecified atom stereocenters. The SMILES string of the molecule is Cc1c(S(=O)(=O)NCC2CCCCC2)c(N)nn1C. The summed E-state index contributed by atoms with van der Waals surface area (Å²) in [5.41, 5.74) is 6.25. The van der Waals surface area contributed by atoms with Crippen LogP contribution in [0.2, 0.25) is 0 Å². The van der Waals surface area contributed by atoms with Gasteiger partial charge in [-0.3, -0.25) is 4.68 Å². The number of hydrogen-bond donors (Lipinski definition) is 2. The molecule has 108 valence electrons. The first kappa shape index (κ1) is 14.3. The summed E-state index contributed by atoms with van der Waals surface area (Å²) in [6.07, 6.45) is 5.85. The lowest BCUT2D eigenvalue weighted by Crippen LogP contribution is -2.31. The van der Waals surface area contributed by atoms with Gasteiger partial charge in [0.2, 0.25) is 10.0 Å². The van der Waals surface area contributed by atoms with Crippen molar-refractivity contribution in [2.75, 3.05) is 12.3 Å². The first-order chi connectivity index (χ1) is 8.92. The quantitative estimate of drug-likeness (QED) is 0.869. The number of nitrogens with two attached hydrogens (primary N) is 1. The number of aryl methyl sites for hydroxylation is 1. The molecule has 1 fully saturated rings. The van der Waals surface area contributed by atoms with Crippen LogP contribution in [0.5, 0.6) is 0 Å². The zero-order valence-electron chi connectivity index (χ0n) is 11.5. The van der Waals surface area contributed by atoms with Gasteiger partial charge in [-0.25, -0.2) is 13.1 Å². The molecule has 1 aliphatic rings. The Morgan fingerprint density at radius 3 is 2.53 bits per heavy atom. The van der Waals surface area contributed by atoms with Gasteiger partial charge in [0.15, 0.2) is 5.82 Å². The van der Waals surface area contributed by atoms with Crippen molar-refractivity contribution in [3.05, 3.63) is 5.69 Å². The van der Waals surface area contributed by atoms with E-state index in [1.165, 1.54) is 23.9 Å². The third kappa shape index (κ3) is 3.09. The second-order valence-electron chi connectivity index (χ2n) is 5.28. The van der Waals surface area contributed by atoms with Gasteiger partial charge in [-0.1, -0.05) is 19.3 Å². The fourth-order valence-corrected chi connectivity index (χ4v) is 4.07. The van der Waals surface area contributed by atoms with E-state index in [-0.39, 0.29) is 10.7 Å². The van der Waals surface area contributed by atoms with E-state index < -0.39 is 10.0 Å². The average molecular weight is 286 g/mol. The molecule has 1 aliphatic carbocycles. The Bertz CT molecular complexity index is 544. The summed E-state index contributed by atoms with van der Waals surface area (Å²) in [6.45, 7) is 2.20. The monoisotopic (exact) mass is 286 g/mol. The minimum absolute atomic E-state index is 0.0659. The topological polar surface area (TPSA) is 90.0 Å². The largest absolute Gasteiger partial charge is 0.381 e. The van der Waals surface area contributed by atoms with Crippen LogP contribution in [0.1, 0.15) is 37.8 Å². The van der Waals surface area contributed by atoms with Gasteiger partial charge in [0.05, 0.1) is 5.69 Å². The summed E-state index contributed by atoms with van der Waals surface area (Å²) >= 11 is 0. The lowest BCUT2D eigenvalue weighted by atomic mass is 9.90. The summed E-state index contributed by atoms with van der Waals surface area (Å²) < 4.78 is 28.7. The van der Waals surface area contributed by atoms with Crippen LogP contribution in [-0.4, -0.2) is 24.7 Å². The summed E-state index contributed by atoms with van der Waals surface area (Å²) in [5.74, 6) is 0.512. The van der Waals surface area contributed by atoms with E-state index in [1.807, 2.05) is 0 Å². The maximum atomic E-state index is 12.3. The van der Waals surface area contributed by atoms with E-state index in [2.05, 4.69) is 9.82 Å². The van der Waals surface area contributed by atoms with E-state index in [0.717, 1.165) is 12.8 Å². The lowest BCUT2D eigenvalue weighted by molar-refractivity contribution is 0.357. The van der Waals surface area contributed by atoms with Gasteiger partial charge < -0.3 is 5.73 Å². The smallest absolute Gasteiger partial charge is 0.246 e. The van der Waals surface area contributed by atoms with Crippen LogP contribution < -0.4 is 10.5 Å². The maximum Gasteiger partial charge on any atom is 0.246 e. The maximum absolute atomic E-state index is 12.3. The van der Waals surface area contributed by atoms with Gasteiger partial charge in [-0.05, 0) is 25.7 Å². The third-order valence-corrected chi connectivity index (χ3v) is 5.45. The van der Waals surface area contributed by atoms with Gasteiger partial charge in [-0.2, -0.15) is 5.10 Å². The summed E-state index contributed by atoms with van der Waals surface area (Å²) in [7, 11) is -1.87. The van der Waals surface area contributed by atoms with Gasteiger partial charge in [0.25, 0.3) is 0 Å². The second-order valence-corrected chi connectivity index (χ2v) is 6.98. The van der Waals surface area contributed by atoms with Crippen LogP contribution in [-0.2, 0) is 17.1 Å².